The van der Waals surface area contributed by atoms with Gasteiger partial charge >= 0.3 is 0 Å². The highest BCUT2D eigenvalue weighted by atomic mass is 32.1. The summed E-state index contributed by atoms with van der Waals surface area (Å²) in [5.41, 5.74) is 9.25. The maximum atomic E-state index is 12.7. The molecule has 0 aliphatic carbocycles. The summed E-state index contributed by atoms with van der Waals surface area (Å²) >= 11 is 1.19. The molecule has 0 saturated heterocycles. The summed E-state index contributed by atoms with van der Waals surface area (Å²) in [6, 6.07) is 17.3. The van der Waals surface area contributed by atoms with E-state index in [2.05, 4.69) is 15.6 Å². The Labute approximate surface area is 167 Å². The van der Waals surface area contributed by atoms with Crippen LogP contribution in [0.1, 0.15) is 33.4 Å². The molecule has 28 heavy (non-hydrogen) atoms. The Morgan fingerprint density at radius 1 is 1.00 bits per heavy atom. The Balaban J connectivity index is 1.73. The van der Waals surface area contributed by atoms with Crippen molar-refractivity contribution in [2.45, 2.75) is 26.3 Å². The lowest BCUT2D eigenvalue weighted by Gasteiger charge is -2.06. The van der Waals surface area contributed by atoms with Gasteiger partial charge in [-0.25, -0.2) is 4.98 Å². The third kappa shape index (κ3) is 5.40. The maximum Gasteiger partial charge on any atom is 0.263 e. The van der Waals surface area contributed by atoms with Crippen LogP contribution in [0.15, 0.2) is 54.6 Å². The van der Waals surface area contributed by atoms with Crippen LogP contribution in [-0.2, 0) is 24.2 Å². The van der Waals surface area contributed by atoms with E-state index >= 15 is 0 Å². The minimum atomic E-state index is -0.213. The molecule has 6 nitrogen and oxygen atoms in total. The fourth-order valence-electron chi connectivity index (χ4n) is 2.71. The van der Waals surface area contributed by atoms with Crippen LogP contribution in [-0.4, -0.2) is 16.8 Å². The third-order valence-electron chi connectivity index (χ3n) is 4.11. The largest absolute Gasteiger partial charge is 0.399 e. The lowest BCUT2D eigenvalue weighted by atomic mass is 10.1. The molecule has 0 atom stereocenters. The van der Waals surface area contributed by atoms with Gasteiger partial charge in [0, 0.05) is 19.2 Å². The highest BCUT2D eigenvalue weighted by Crippen LogP contribution is 2.25. The number of anilines is 2. The van der Waals surface area contributed by atoms with Crippen LogP contribution in [0.25, 0.3) is 0 Å². The average Bonchev–Trinajstić information content (AvgIpc) is 3.08. The molecule has 1 aromatic heterocycles. The van der Waals surface area contributed by atoms with Crippen molar-refractivity contribution in [2.24, 2.45) is 0 Å². The zero-order chi connectivity index (χ0) is 19.9. The second-order valence-electron chi connectivity index (χ2n) is 6.39. The number of hydrogen-bond donors (Lipinski definition) is 3. The Hall–Kier alpha value is -3.19. The number of rotatable bonds is 7. The van der Waals surface area contributed by atoms with Crippen molar-refractivity contribution < 1.29 is 9.59 Å². The molecule has 0 unspecified atom stereocenters. The summed E-state index contributed by atoms with van der Waals surface area (Å²) in [7, 11) is 0. The van der Waals surface area contributed by atoms with Crippen LogP contribution in [0, 0.1) is 0 Å². The number of thiazole rings is 1. The number of aryl methyl sites for hydroxylation is 2. The summed E-state index contributed by atoms with van der Waals surface area (Å²) < 4.78 is 0. The van der Waals surface area contributed by atoms with Gasteiger partial charge in [0.15, 0.2) is 5.13 Å². The second kappa shape index (κ2) is 9.14. The fourth-order valence-corrected chi connectivity index (χ4v) is 3.68. The lowest BCUT2D eigenvalue weighted by Crippen LogP contribution is -2.23. The first kappa shape index (κ1) is 19.6. The second-order valence-corrected chi connectivity index (χ2v) is 7.38. The number of nitrogens with two attached hydrogens (primary N) is 1. The Kier molecular flexibility index (Phi) is 6.39. The van der Waals surface area contributed by atoms with Gasteiger partial charge in [-0.05, 0) is 36.1 Å². The average molecular weight is 395 g/mol. The molecule has 0 radical (unpaired) electrons. The van der Waals surface area contributed by atoms with Crippen molar-refractivity contribution in [1.82, 2.24) is 10.3 Å². The number of benzene rings is 2. The van der Waals surface area contributed by atoms with Gasteiger partial charge in [-0.3, -0.25) is 9.59 Å². The van der Waals surface area contributed by atoms with Crippen molar-refractivity contribution in [3.8, 4) is 0 Å². The van der Waals surface area contributed by atoms with Crippen LogP contribution in [0.3, 0.4) is 0 Å². The monoisotopic (exact) mass is 394 g/mol. The SMILES string of the molecule is CC(=O)Nc1nc(CCc2ccc(N)cc2)c(C(=O)NCc2ccccc2)s1. The highest BCUT2D eigenvalue weighted by Gasteiger charge is 2.18. The number of nitrogen functional groups attached to an aromatic ring is 1. The predicted molar refractivity (Wildman–Crippen MR) is 112 cm³/mol. The Bertz CT molecular complexity index is 952. The first-order valence-corrected chi connectivity index (χ1v) is 9.77. The van der Waals surface area contributed by atoms with E-state index < -0.39 is 0 Å². The van der Waals surface area contributed by atoms with Crippen molar-refractivity contribution >= 4 is 34.0 Å². The maximum absolute atomic E-state index is 12.7. The molecule has 0 bridgehead atoms. The van der Waals surface area contributed by atoms with Crippen LogP contribution in [0.2, 0.25) is 0 Å². The normalized spacial score (nSPS) is 10.5. The van der Waals surface area contributed by atoms with Gasteiger partial charge in [-0.1, -0.05) is 53.8 Å². The van der Waals surface area contributed by atoms with Crippen LogP contribution in [0.5, 0.6) is 0 Å². The molecule has 0 aliphatic rings. The smallest absolute Gasteiger partial charge is 0.263 e. The third-order valence-corrected chi connectivity index (χ3v) is 5.12. The van der Waals surface area contributed by atoms with E-state index in [0.29, 0.717) is 34.4 Å². The van der Waals surface area contributed by atoms with Gasteiger partial charge < -0.3 is 16.4 Å². The minimum Gasteiger partial charge on any atom is -0.399 e. The number of amides is 2. The van der Waals surface area contributed by atoms with E-state index in [4.69, 9.17) is 5.73 Å². The number of nitrogens with zero attached hydrogens (tertiary/aromatic N) is 1. The number of nitrogens with one attached hydrogen (secondary N) is 2. The summed E-state index contributed by atoms with van der Waals surface area (Å²) in [5, 5.41) is 6.04. The van der Waals surface area contributed by atoms with Gasteiger partial charge in [0.1, 0.15) is 4.88 Å². The molecule has 144 valence electrons. The van der Waals surface area contributed by atoms with Crippen LogP contribution in [0.4, 0.5) is 10.8 Å². The molecule has 0 spiro atoms. The summed E-state index contributed by atoms with van der Waals surface area (Å²) in [6.07, 6.45) is 1.32. The van der Waals surface area contributed by atoms with E-state index in [1.54, 1.807) is 0 Å². The van der Waals surface area contributed by atoms with E-state index in [-0.39, 0.29) is 11.8 Å². The van der Waals surface area contributed by atoms with Crippen molar-refractivity contribution in [3.05, 3.63) is 76.3 Å². The van der Waals surface area contributed by atoms with Crippen LogP contribution >= 0.6 is 11.3 Å². The molecule has 3 rings (SSSR count). The Morgan fingerprint density at radius 2 is 1.71 bits per heavy atom. The molecule has 0 aliphatic heterocycles. The number of carbonyl (C=O) groups excluding carboxylic acids is 2. The summed E-state index contributed by atoms with van der Waals surface area (Å²) in [6.45, 7) is 1.86. The van der Waals surface area contributed by atoms with Gasteiger partial charge in [0.2, 0.25) is 5.91 Å². The van der Waals surface area contributed by atoms with Crippen molar-refractivity contribution in [1.29, 1.82) is 0 Å². The molecule has 2 amide bonds. The van der Waals surface area contributed by atoms with E-state index in [0.717, 1.165) is 17.5 Å². The number of carbonyl (C=O) groups is 2. The topological polar surface area (TPSA) is 97.1 Å². The fraction of sp³-hybridized carbons (Fsp3) is 0.190. The summed E-state index contributed by atoms with van der Waals surface area (Å²) in [4.78, 5) is 29.1. The van der Waals surface area contributed by atoms with E-state index in [9.17, 15) is 9.59 Å². The highest BCUT2D eigenvalue weighted by molar-refractivity contribution is 7.17. The Morgan fingerprint density at radius 3 is 2.39 bits per heavy atom. The van der Waals surface area contributed by atoms with Gasteiger partial charge in [-0.2, -0.15) is 0 Å². The van der Waals surface area contributed by atoms with E-state index in [1.807, 2.05) is 54.6 Å². The van der Waals surface area contributed by atoms with Crippen molar-refractivity contribution in [2.75, 3.05) is 11.1 Å². The van der Waals surface area contributed by atoms with Crippen molar-refractivity contribution in [3.63, 3.8) is 0 Å². The molecular weight excluding hydrogens is 372 g/mol. The molecule has 7 heteroatoms. The molecule has 2 aromatic carbocycles. The standard InChI is InChI=1S/C21H22N4O2S/c1-14(26)24-21-25-18(12-9-15-7-10-17(22)11-8-15)19(28-21)20(27)23-13-16-5-3-2-4-6-16/h2-8,10-11H,9,12-13,22H2,1H3,(H,23,27)(H,24,25,26). The zero-order valence-electron chi connectivity index (χ0n) is 15.6. The zero-order valence-corrected chi connectivity index (χ0v) is 16.4. The number of aromatic nitrogens is 1. The first-order valence-electron chi connectivity index (χ1n) is 8.95. The molecule has 0 fully saturated rings. The predicted octanol–water partition coefficient (Wildman–Crippen LogP) is 3.40. The molecule has 3 aromatic rings. The molecular formula is C21H22N4O2S. The minimum absolute atomic E-state index is 0.190. The number of hydrogen-bond acceptors (Lipinski definition) is 5. The van der Waals surface area contributed by atoms with E-state index in [1.165, 1.54) is 18.3 Å². The summed E-state index contributed by atoms with van der Waals surface area (Å²) in [5.74, 6) is -0.402. The van der Waals surface area contributed by atoms with Gasteiger partial charge in [0.05, 0.1) is 5.69 Å². The van der Waals surface area contributed by atoms with Gasteiger partial charge in [-0.15, -0.1) is 0 Å². The van der Waals surface area contributed by atoms with Crippen LogP contribution < -0.4 is 16.4 Å². The first-order chi connectivity index (χ1) is 13.5. The lowest BCUT2D eigenvalue weighted by molar-refractivity contribution is -0.114. The van der Waals surface area contributed by atoms with Gasteiger partial charge in [0.25, 0.3) is 5.91 Å². The quantitative estimate of drug-likeness (QED) is 0.535. The molecule has 0 saturated carbocycles. The molecule has 4 N–H and O–H groups in total. The molecule has 1 heterocycles.